The van der Waals surface area contributed by atoms with Crippen molar-refractivity contribution in [3.63, 3.8) is 0 Å². The molecule has 118 valence electrons. The number of aromatic nitrogens is 3. The molecule has 5 nitrogen and oxygen atoms in total. The molecule has 4 rings (SSSR count). The number of carbonyl (C=O) groups is 1. The maximum atomic E-state index is 12.4. The lowest BCUT2D eigenvalue weighted by Gasteiger charge is -2.07. The van der Waals surface area contributed by atoms with Crippen LogP contribution in [0.5, 0.6) is 0 Å². The molecule has 0 fully saturated rings. The summed E-state index contributed by atoms with van der Waals surface area (Å²) in [7, 11) is 0. The van der Waals surface area contributed by atoms with Gasteiger partial charge in [-0.1, -0.05) is 36.4 Å². The lowest BCUT2D eigenvalue weighted by Crippen LogP contribution is -2.13. The van der Waals surface area contributed by atoms with E-state index in [2.05, 4.69) is 38.1 Å². The fraction of sp³-hybridized carbons (Fsp3) is 0.0526. The van der Waals surface area contributed by atoms with E-state index in [1.807, 2.05) is 42.6 Å². The van der Waals surface area contributed by atoms with Crippen molar-refractivity contribution in [3.05, 3.63) is 84.3 Å². The number of nitrogens with zero attached hydrogens (tertiary/aromatic N) is 2. The zero-order valence-electron chi connectivity index (χ0n) is 12.9. The summed E-state index contributed by atoms with van der Waals surface area (Å²) >= 11 is 0. The molecule has 0 aliphatic rings. The molecule has 0 radical (unpaired) electrons. The van der Waals surface area contributed by atoms with Gasteiger partial charge in [0.1, 0.15) is 0 Å². The Bertz CT molecular complexity index is 971. The second-order valence-electron chi connectivity index (χ2n) is 5.59. The first kappa shape index (κ1) is 14.3. The molecule has 4 aromatic rings. The van der Waals surface area contributed by atoms with Crippen LogP contribution in [0.4, 0.5) is 5.95 Å². The molecule has 0 bridgehead atoms. The van der Waals surface area contributed by atoms with Crippen molar-refractivity contribution in [2.45, 2.75) is 6.54 Å². The lowest BCUT2D eigenvalue weighted by molar-refractivity contribution is 0.102. The van der Waals surface area contributed by atoms with Gasteiger partial charge in [0, 0.05) is 36.2 Å². The van der Waals surface area contributed by atoms with Gasteiger partial charge in [0.05, 0.1) is 0 Å². The quantitative estimate of drug-likeness (QED) is 0.603. The average Bonchev–Trinajstić information content (AvgIpc) is 3.26. The molecule has 24 heavy (non-hydrogen) atoms. The molecule has 5 heteroatoms. The summed E-state index contributed by atoms with van der Waals surface area (Å²) in [6, 6.07) is 18.0. The van der Waals surface area contributed by atoms with E-state index in [4.69, 9.17) is 0 Å². The largest absolute Gasteiger partial charge is 0.343 e. The number of aromatic amines is 1. The van der Waals surface area contributed by atoms with E-state index >= 15 is 0 Å². The van der Waals surface area contributed by atoms with Crippen molar-refractivity contribution in [1.29, 1.82) is 0 Å². The van der Waals surface area contributed by atoms with E-state index < -0.39 is 0 Å². The number of fused-ring (bicyclic) bond motifs is 1. The Morgan fingerprint density at radius 2 is 2.00 bits per heavy atom. The predicted molar refractivity (Wildman–Crippen MR) is 94.0 cm³/mol. The number of benzene rings is 2. The van der Waals surface area contributed by atoms with Crippen LogP contribution in [0.3, 0.4) is 0 Å². The first-order valence-electron chi connectivity index (χ1n) is 7.73. The summed E-state index contributed by atoms with van der Waals surface area (Å²) < 4.78 is 2.15. The molecule has 2 aromatic heterocycles. The second kappa shape index (κ2) is 6.04. The predicted octanol–water partition coefficient (Wildman–Crippen LogP) is 3.67. The Labute approximate surface area is 139 Å². The van der Waals surface area contributed by atoms with Crippen LogP contribution in [-0.2, 0) is 6.54 Å². The van der Waals surface area contributed by atoms with E-state index in [0.717, 1.165) is 17.4 Å². The Kier molecular flexibility index (Phi) is 3.59. The fourth-order valence-corrected chi connectivity index (χ4v) is 2.76. The maximum Gasteiger partial charge on any atom is 0.258 e. The van der Waals surface area contributed by atoms with Crippen molar-refractivity contribution in [1.82, 2.24) is 14.5 Å². The fourth-order valence-electron chi connectivity index (χ4n) is 2.76. The first-order chi connectivity index (χ1) is 11.8. The van der Waals surface area contributed by atoms with Crippen LogP contribution in [-0.4, -0.2) is 20.4 Å². The van der Waals surface area contributed by atoms with Crippen molar-refractivity contribution < 1.29 is 4.79 Å². The molecule has 2 N–H and O–H groups in total. The number of imidazole rings is 1. The summed E-state index contributed by atoms with van der Waals surface area (Å²) in [5.74, 6) is 0.263. The van der Waals surface area contributed by atoms with Crippen molar-refractivity contribution in [3.8, 4) is 0 Å². The summed E-state index contributed by atoms with van der Waals surface area (Å²) in [5.41, 5.74) is 2.86. The monoisotopic (exact) mass is 316 g/mol. The molecule has 0 aliphatic heterocycles. The van der Waals surface area contributed by atoms with Gasteiger partial charge in [-0.15, -0.1) is 0 Å². The molecule has 0 unspecified atom stereocenters. The molecule has 0 spiro atoms. The molecular formula is C19H16N4O. The van der Waals surface area contributed by atoms with E-state index in [-0.39, 0.29) is 5.91 Å². The molecular weight excluding hydrogens is 300 g/mol. The number of rotatable bonds is 4. The van der Waals surface area contributed by atoms with E-state index in [1.165, 1.54) is 5.56 Å². The van der Waals surface area contributed by atoms with Crippen molar-refractivity contribution >= 4 is 22.8 Å². The lowest BCUT2D eigenvalue weighted by atomic mass is 10.1. The number of hydrogen-bond donors (Lipinski definition) is 2. The van der Waals surface area contributed by atoms with Crippen LogP contribution in [0.25, 0.3) is 10.9 Å². The Balaban J connectivity index is 1.64. The Morgan fingerprint density at radius 3 is 2.79 bits per heavy atom. The Hall–Kier alpha value is -3.34. The highest BCUT2D eigenvalue weighted by Gasteiger charge is 2.10. The van der Waals surface area contributed by atoms with Crippen LogP contribution in [0, 0.1) is 0 Å². The summed E-state index contributed by atoms with van der Waals surface area (Å²) in [6.07, 6.45) is 5.32. The van der Waals surface area contributed by atoms with Gasteiger partial charge in [0.15, 0.2) is 0 Å². The number of amides is 1. The van der Waals surface area contributed by atoms with Gasteiger partial charge in [-0.3, -0.25) is 10.1 Å². The third-order valence-corrected chi connectivity index (χ3v) is 3.96. The van der Waals surface area contributed by atoms with Crippen LogP contribution >= 0.6 is 0 Å². The number of carbonyl (C=O) groups excluding carboxylic acids is 1. The zero-order chi connectivity index (χ0) is 16.4. The standard InChI is InChI=1S/C19H16N4O/c24-18(22-19-20-9-10-21-19)16-7-6-15-8-11-23(17(15)12-16)13-14-4-2-1-3-5-14/h1-12H,13H2,(H2,20,21,22,24). The molecule has 1 amide bonds. The van der Waals surface area contributed by atoms with Gasteiger partial charge < -0.3 is 9.55 Å². The SMILES string of the molecule is O=C(Nc1ncc[nH]1)c1ccc2ccn(Cc3ccccc3)c2c1. The third kappa shape index (κ3) is 2.79. The number of nitrogens with one attached hydrogen (secondary N) is 2. The molecule has 2 aromatic carbocycles. The number of anilines is 1. The number of H-pyrrole nitrogens is 1. The van der Waals surface area contributed by atoms with E-state index in [9.17, 15) is 4.79 Å². The molecule has 2 heterocycles. The molecule has 0 saturated carbocycles. The van der Waals surface area contributed by atoms with Crippen molar-refractivity contribution in [2.24, 2.45) is 0 Å². The number of hydrogen-bond acceptors (Lipinski definition) is 2. The highest BCUT2D eigenvalue weighted by molar-refractivity contribution is 6.05. The minimum Gasteiger partial charge on any atom is -0.343 e. The van der Waals surface area contributed by atoms with Gasteiger partial charge in [0.2, 0.25) is 5.95 Å². The summed E-state index contributed by atoms with van der Waals surface area (Å²) in [5, 5.41) is 3.86. The van der Waals surface area contributed by atoms with Crippen LogP contribution in [0.1, 0.15) is 15.9 Å². The highest BCUT2D eigenvalue weighted by atomic mass is 16.1. The van der Waals surface area contributed by atoms with Gasteiger partial charge in [-0.2, -0.15) is 0 Å². The Morgan fingerprint density at radius 1 is 1.12 bits per heavy atom. The molecule has 0 atom stereocenters. The topological polar surface area (TPSA) is 62.7 Å². The van der Waals surface area contributed by atoms with E-state index in [1.54, 1.807) is 12.4 Å². The van der Waals surface area contributed by atoms with Gasteiger partial charge >= 0.3 is 0 Å². The zero-order valence-corrected chi connectivity index (χ0v) is 12.9. The van der Waals surface area contributed by atoms with Crippen LogP contribution in [0.2, 0.25) is 0 Å². The van der Waals surface area contributed by atoms with Crippen molar-refractivity contribution in [2.75, 3.05) is 5.32 Å². The second-order valence-corrected chi connectivity index (χ2v) is 5.59. The maximum absolute atomic E-state index is 12.4. The summed E-state index contributed by atoms with van der Waals surface area (Å²) in [4.78, 5) is 19.2. The van der Waals surface area contributed by atoms with Crippen LogP contribution < -0.4 is 5.32 Å². The van der Waals surface area contributed by atoms with Crippen LogP contribution in [0.15, 0.2) is 73.2 Å². The highest BCUT2D eigenvalue weighted by Crippen LogP contribution is 2.19. The van der Waals surface area contributed by atoms with Gasteiger partial charge in [-0.05, 0) is 29.1 Å². The summed E-state index contributed by atoms with van der Waals surface area (Å²) in [6.45, 7) is 0.771. The smallest absolute Gasteiger partial charge is 0.258 e. The van der Waals surface area contributed by atoms with E-state index in [0.29, 0.717) is 11.5 Å². The minimum absolute atomic E-state index is 0.181. The molecule has 0 aliphatic carbocycles. The average molecular weight is 316 g/mol. The van der Waals surface area contributed by atoms with Gasteiger partial charge in [-0.25, -0.2) is 4.98 Å². The van der Waals surface area contributed by atoms with Gasteiger partial charge in [0.25, 0.3) is 5.91 Å². The normalized spacial score (nSPS) is 10.8. The first-order valence-corrected chi connectivity index (χ1v) is 7.73. The molecule has 0 saturated heterocycles. The third-order valence-electron chi connectivity index (χ3n) is 3.96. The minimum atomic E-state index is -0.181.